The minimum absolute atomic E-state index is 0.0676. The van der Waals surface area contributed by atoms with Crippen molar-refractivity contribution in [3.05, 3.63) is 11.1 Å². The van der Waals surface area contributed by atoms with Gasteiger partial charge in [-0.25, -0.2) is 4.79 Å². The predicted octanol–water partition coefficient (Wildman–Crippen LogP) is 0.733. The van der Waals surface area contributed by atoms with Gasteiger partial charge in [-0.05, 0) is 56.9 Å². The molecule has 9 heteroatoms. The molecule has 0 amide bonds. The van der Waals surface area contributed by atoms with Crippen LogP contribution in [-0.4, -0.2) is 73.4 Å². The molecule has 9 nitrogen and oxygen atoms in total. The lowest BCUT2D eigenvalue weighted by atomic mass is 9.60. The summed E-state index contributed by atoms with van der Waals surface area (Å²) in [5.74, 6) is -1.34. The zero-order valence-corrected chi connectivity index (χ0v) is 24.9. The first kappa shape index (κ1) is 31.3. The summed E-state index contributed by atoms with van der Waals surface area (Å²) in [6.45, 7) is 5.94. The Morgan fingerprint density at radius 2 is 1.95 bits per heavy atom. The molecule has 2 aliphatic heterocycles. The maximum atomic E-state index is 14.1. The molecule has 4 fully saturated rings. The van der Waals surface area contributed by atoms with Crippen LogP contribution in [0.3, 0.4) is 0 Å². The Balaban J connectivity index is 1.55. The maximum Gasteiger partial charge on any atom is 0.350 e. The van der Waals surface area contributed by atoms with Crippen molar-refractivity contribution < 1.29 is 39.6 Å². The van der Waals surface area contributed by atoms with Crippen LogP contribution in [0, 0.1) is 23.7 Å². The molecule has 4 aliphatic rings. The average molecular weight is 564 g/mol. The molecule has 0 spiro atoms. The first-order valence-corrected chi connectivity index (χ1v) is 15.8. The number of hydrogen-bond acceptors (Lipinski definition) is 7. The Morgan fingerprint density at radius 1 is 1.23 bits per heavy atom. The number of Topliss-reactive ketones (excluding diaryl/α,β-unsaturated/α-hetero) is 2. The molecular weight excluding hydrogens is 510 g/mol. The highest BCUT2D eigenvalue weighted by atomic mass is 16.7. The number of epoxide rings is 1. The number of allylic oxidation sites excluding steroid dienone is 1. The SMILES string of the molecule is CCCC[C@H](C[NH2+]C)COC(=O)[C@]12O[C@@]1(CC(CO)=C(C)CCC1CC[NH2+]C(N)C1)C(=O)C1CCCCC1C2=O. The van der Waals surface area contributed by atoms with E-state index < -0.39 is 29.0 Å². The molecule has 0 aromatic carbocycles. The standard InChI is InChI=1S/C31H51N3O6/c1-4-5-8-22(17-33-3)19-39-29(38)31-28(37)25-10-7-6-9-24(25)27(36)30(31,40-31)16-23(18-35)20(2)11-12-21-13-14-34-26(32)15-21/h21-22,24-26,33-35H,4-19,32H2,1-3H3/p+2/t21?,22-,24?,25?,26?,30+,31+/m1/s1. The topological polar surface area (TPSA) is 152 Å². The number of nitrogens with two attached hydrogens (primary N) is 3. The van der Waals surface area contributed by atoms with Gasteiger partial charge in [0.1, 0.15) is 6.17 Å². The average Bonchev–Trinajstić information content (AvgIpc) is 3.66. The fraction of sp³-hybridized carbons (Fsp3) is 0.839. The van der Waals surface area contributed by atoms with Gasteiger partial charge in [0.25, 0.3) is 5.60 Å². The Labute approximate surface area is 239 Å². The normalized spacial score (nSPS) is 34.9. The van der Waals surface area contributed by atoms with Gasteiger partial charge in [0, 0.05) is 30.6 Å². The number of unbranched alkanes of at least 4 members (excludes halogenated alkanes) is 1. The second kappa shape index (κ2) is 13.6. The highest BCUT2D eigenvalue weighted by Crippen LogP contribution is 2.62. The smallest absolute Gasteiger partial charge is 0.350 e. The van der Waals surface area contributed by atoms with E-state index in [-0.39, 0.29) is 43.3 Å². The minimum atomic E-state index is -1.87. The number of hydrogen-bond donors (Lipinski definition) is 4. The Morgan fingerprint density at radius 3 is 2.60 bits per heavy atom. The van der Waals surface area contributed by atoms with E-state index in [2.05, 4.69) is 17.6 Å². The second-order valence-electron chi connectivity index (χ2n) is 12.9. The Hall–Kier alpha value is -1.65. The summed E-state index contributed by atoms with van der Waals surface area (Å²) in [6.07, 6.45) is 10.1. The number of carbonyl (C=O) groups is 3. The number of ether oxygens (including phenoxy) is 2. The van der Waals surface area contributed by atoms with E-state index in [1.807, 2.05) is 14.0 Å². The number of aliphatic hydroxyl groups is 1. The van der Waals surface area contributed by atoms with E-state index >= 15 is 0 Å². The van der Waals surface area contributed by atoms with Gasteiger partial charge in [-0.2, -0.15) is 0 Å². The van der Waals surface area contributed by atoms with Crippen LogP contribution in [-0.2, 0) is 23.9 Å². The zero-order valence-electron chi connectivity index (χ0n) is 24.9. The number of esters is 1. The van der Waals surface area contributed by atoms with Crippen LogP contribution < -0.4 is 16.4 Å². The van der Waals surface area contributed by atoms with Crippen molar-refractivity contribution in [3.8, 4) is 0 Å². The van der Waals surface area contributed by atoms with Crippen LogP contribution in [0.2, 0.25) is 0 Å². The number of quaternary nitrogens is 2. The minimum Gasteiger partial charge on any atom is -0.463 e. The largest absolute Gasteiger partial charge is 0.463 e. The van der Waals surface area contributed by atoms with Crippen molar-refractivity contribution in [1.29, 1.82) is 0 Å². The van der Waals surface area contributed by atoms with Crippen molar-refractivity contribution in [2.75, 3.05) is 33.4 Å². The third kappa shape index (κ3) is 6.09. The monoisotopic (exact) mass is 563 g/mol. The summed E-state index contributed by atoms with van der Waals surface area (Å²) in [7, 11) is 1.99. The summed E-state index contributed by atoms with van der Waals surface area (Å²) in [6, 6.07) is 0. The summed E-state index contributed by atoms with van der Waals surface area (Å²) >= 11 is 0. The Kier molecular flexibility index (Phi) is 10.6. The number of carbonyl (C=O) groups excluding carboxylic acids is 3. The maximum absolute atomic E-state index is 14.1. The lowest BCUT2D eigenvalue weighted by Crippen LogP contribution is -2.94. The molecule has 4 unspecified atom stereocenters. The molecule has 0 aromatic heterocycles. The number of piperidine rings is 1. The van der Waals surface area contributed by atoms with Gasteiger partial charge in [-0.15, -0.1) is 0 Å². The molecule has 226 valence electrons. The molecule has 40 heavy (non-hydrogen) atoms. The molecule has 0 aromatic rings. The van der Waals surface area contributed by atoms with Gasteiger partial charge in [-0.3, -0.25) is 15.3 Å². The lowest BCUT2D eigenvalue weighted by Gasteiger charge is -2.37. The van der Waals surface area contributed by atoms with Crippen molar-refractivity contribution in [3.63, 3.8) is 0 Å². The van der Waals surface area contributed by atoms with Gasteiger partial charge >= 0.3 is 5.97 Å². The first-order chi connectivity index (χ1) is 19.2. The van der Waals surface area contributed by atoms with Crippen molar-refractivity contribution in [2.45, 2.75) is 108 Å². The molecular formula is C31H53N3O6+2. The van der Waals surface area contributed by atoms with Gasteiger partial charge in [-0.1, -0.05) is 38.2 Å². The highest BCUT2D eigenvalue weighted by molar-refractivity contribution is 6.23. The van der Waals surface area contributed by atoms with Gasteiger partial charge in [0.2, 0.25) is 0 Å². The third-order valence-corrected chi connectivity index (χ3v) is 10.1. The number of fused-ring (bicyclic) bond motifs is 2. The molecule has 7 N–H and O–H groups in total. The summed E-state index contributed by atoms with van der Waals surface area (Å²) in [5, 5.41) is 14.7. The van der Waals surface area contributed by atoms with Crippen LogP contribution in [0.1, 0.15) is 90.9 Å². The highest BCUT2D eigenvalue weighted by Gasteiger charge is 2.87. The molecule has 7 atom stereocenters. The molecule has 0 radical (unpaired) electrons. The fourth-order valence-corrected chi connectivity index (χ4v) is 7.62. The van der Waals surface area contributed by atoms with E-state index in [0.717, 1.165) is 76.5 Å². The van der Waals surface area contributed by atoms with E-state index in [4.69, 9.17) is 15.2 Å². The molecule has 2 saturated carbocycles. The van der Waals surface area contributed by atoms with Crippen LogP contribution in [0.5, 0.6) is 0 Å². The molecule has 4 rings (SSSR count). The zero-order chi connectivity index (χ0) is 28.9. The van der Waals surface area contributed by atoms with E-state index in [1.165, 1.54) is 0 Å². The molecule has 0 bridgehead atoms. The summed E-state index contributed by atoms with van der Waals surface area (Å²) < 4.78 is 12.0. The van der Waals surface area contributed by atoms with Gasteiger partial charge < -0.3 is 25.2 Å². The van der Waals surface area contributed by atoms with Crippen LogP contribution in [0.15, 0.2) is 11.1 Å². The lowest BCUT2D eigenvalue weighted by molar-refractivity contribution is -0.699. The van der Waals surface area contributed by atoms with Crippen LogP contribution in [0.25, 0.3) is 0 Å². The third-order valence-electron chi connectivity index (χ3n) is 10.1. The number of ketones is 2. The predicted molar refractivity (Wildman–Crippen MR) is 150 cm³/mol. The van der Waals surface area contributed by atoms with Crippen molar-refractivity contribution in [1.82, 2.24) is 0 Å². The van der Waals surface area contributed by atoms with E-state index in [1.54, 1.807) is 0 Å². The van der Waals surface area contributed by atoms with Crippen molar-refractivity contribution >= 4 is 17.5 Å². The molecule has 2 heterocycles. The van der Waals surface area contributed by atoms with Crippen LogP contribution in [0.4, 0.5) is 0 Å². The number of rotatable bonds is 14. The van der Waals surface area contributed by atoms with Crippen molar-refractivity contribution in [2.24, 2.45) is 29.4 Å². The quantitative estimate of drug-likeness (QED) is 0.105. The van der Waals surface area contributed by atoms with Crippen LogP contribution >= 0.6 is 0 Å². The number of aliphatic hydroxyl groups excluding tert-OH is 1. The summed E-state index contributed by atoms with van der Waals surface area (Å²) in [4.78, 5) is 41.8. The first-order valence-electron chi connectivity index (χ1n) is 15.8. The molecule has 2 saturated heterocycles. The van der Waals surface area contributed by atoms with E-state index in [0.29, 0.717) is 24.3 Å². The molecule has 2 aliphatic carbocycles. The summed E-state index contributed by atoms with van der Waals surface area (Å²) in [5.41, 5.74) is 4.40. The van der Waals surface area contributed by atoms with E-state index in [9.17, 15) is 19.5 Å². The fourth-order valence-electron chi connectivity index (χ4n) is 7.62. The second-order valence-corrected chi connectivity index (χ2v) is 12.9. The van der Waals surface area contributed by atoms with Gasteiger partial charge in [0.05, 0.1) is 33.4 Å². The van der Waals surface area contributed by atoms with Gasteiger partial charge in [0.15, 0.2) is 17.2 Å². The Bertz CT molecular complexity index is 969.